The number of carbonyl (C=O) groups is 3. The first kappa shape index (κ1) is 20.4. The third-order valence-corrected chi connectivity index (χ3v) is 5.29. The lowest BCUT2D eigenvalue weighted by molar-refractivity contribution is -0.120. The average molecular weight is 418 g/mol. The third kappa shape index (κ3) is 3.70. The minimum atomic E-state index is -0.927. The zero-order chi connectivity index (χ0) is 22.1. The van der Waals surface area contributed by atoms with Crippen molar-refractivity contribution in [1.29, 1.82) is 0 Å². The van der Waals surface area contributed by atoms with Crippen LogP contribution in [0.4, 0.5) is 5.69 Å². The topological polar surface area (TPSA) is 110 Å². The fourth-order valence-electron chi connectivity index (χ4n) is 3.76. The molecule has 3 aromatic rings. The number of fused-ring (bicyclic) bond motifs is 1. The summed E-state index contributed by atoms with van der Waals surface area (Å²) in [6, 6.07) is 11.1. The molecule has 0 saturated carbocycles. The van der Waals surface area contributed by atoms with Gasteiger partial charge in [0.1, 0.15) is 12.4 Å². The van der Waals surface area contributed by atoms with E-state index in [1.807, 2.05) is 26.8 Å². The van der Waals surface area contributed by atoms with Crippen LogP contribution >= 0.6 is 0 Å². The van der Waals surface area contributed by atoms with Crippen LogP contribution in [0.15, 0.2) is 48.8 Å². The Labute approximate surface area is 179 Å². The molecule has 0 saturated heterocycles. The highest BCUT2D eigenvalue weighted by Gasteiger charge is 2.42. The van der Waals surface area contributed by atoms with E-state index in [9.17, 15) is 14.4 Å². The number of tetrazole rings is 1. The van der Waals surface area contributed by atoms with Crippen molar-refractivity contribution < 1.29 is 14.4 Å². The molecule has 0 fully saturated rings. The highest BCUT2D eigenvalue weighted by molar-refractivity contribution is 6.23. The maximum atomic E-state index is 13.3. The van der Waals surface area contributed by atoms with E-state index in [4.69, 9.17) is 0 Å². The molecule has 0 spiro atoms. The van der Waals surface area contributed by atoms with Gasteiger partial charge in [-0.25, -0.2) is 4.68 Å². The molecule has 1 aliphatic rings. The molecule has 0 radical (unpaired) electrons. The summed E-state index contributed by atoms with van der Waals surface area (Å²) < 4.78 is 1.50. The first-order valence-corrected chi connectivity index (χ1v) is 9.99. The van der Waals surface area contributed by atoms with Crippen molar-refractivity contribution >= 4 is 23.4 Å². The van der Waals surface area contributed by atoms with Gasteiger partial charge in [0.15, 0.2) is 0 Å². The number of nitrogens with zero attached hydrogens (tertiary/aromatic N) is 5. The van der Waals surface area contributed by atoms with E-state index < -0.39 is 23.8 Å². The van der Waals surface area contributed by atoms with Crippen LogP contribution in [-0.4, -0.2) is 48.9 Å². The van der Waals surface area contributed by atoms with Gasteiger partial charge in [0.25, 0.3) is 11.8 Å². The van der Waals surface area contributed by atoms with Gasteiger partial charge in [0.05, 0.1) is 16.8 Å². The quantitative estimate of drug-likeness (QED) is 0.616. The molecule has 1 aromatic heterocycles. The van der Waals surface area contributed by atoms with Gasteiger partial charge in [-0.2, -0.15) is 0 Å². The monoisotopic (exact) mass is 418 g/mol. The van der Waals surface area contributed by atoms with Gasteiger partial charge >= 0.3 is 0 Å². The minimum Gasteiger partial charge on any atom is -0.324 e. The van der Waals surface area contributed by atoms with Crippen LogP contribution < -0.4 is 5.32 Å². The fourth-order valence-corrected chi connectivity index (χ4v) is 3.76. The van der Waals surface area contributed by atoms with Crippen molar-refractivity contribution in [2.24, 2.45) is 5.92 Å². The molecule has 1 N–H and O–H groups in total. The summed E-state index contributed by atoms with van der Waals surface area (Å²) >= 11 is 0. The number of benzene rings is 2. The zero-order valence-electron chi connectivity index (χ0n) is 17.4. The first-order chi connectivity index (χ1) is 14.9. The summed E-state index contributed by atoms with van der Waals surface area (Å²) in [5.74, 6) is -1.21. The Hall–Kier alpha value is -3.88. The van der Waals surface area contributed by atoms with Crippen molar-refractivity contribution in [3.05, 3.63) is 65.5 Å². The van der Waals surface area contributed by atoms with E-state index in [0.717, 1.165) is 10.5 Å². The lowest BCUT2D eigenvalue weighted by atomic mass is 10.0. The number of imide groups is 1. The molecule has 0 bridgehead atoms. The molecule has 31 heavy (non-hydrogen) atoms. The molecule has 9 nitrogen and oxygen atoms in total. The molecular weight excluding hydrogens is 396 g/mol. The van der Waals surface area contributed by atoms with Crippen molar-refractivity contribution in [3.8, 4) is 5.69 Å². The Bertz CT molecular complexity index is 1120. The molecule has 2 heterocycles. The number of rotatable bonds is 6. The second-order valence-corrected chi connectivity index (χ2v) is 7.86. The molecule has 3 amide bonds. The molecule has 158 valence electrons. The zero-order valence-corrected chi connectivity index (χ0v) is 17.4. The first-order valence-electron chi connectivity index (χ1n) is 9.99. The number of nitrogens with one attached hydrogen (secondary N) is 1. The van der Waals surface area contributed by atoms with Gasteiger partial charge < -0.3 is 5.32 Å². The lowest BCUT2D eigenvalue weighted by Gasteiger charge is -2.27. The molecule has 2 aromatic carbocycles. The summed E-state index contributed by atoms with van der Waals surface area (Å²) in [5.41, 5.74) is 2.68. The second-order valence-electron chi connectivity index (χ2n) is 7.86. The van der Waals surface area contributed by atoms with Gasteiger partial charge in [-0.3, -0.25) is 19.3 Å². The number of anilines is 1. The summed E-state index contributed by atoms with van der Waals surface area (Å²) in [7, 11) is 0. The van der Waals surface area contributed by atoms with Gasteiger partial charge in [-0.15, -0.1) is 5.10 Å². The van der Waals surface area contributed by atoms with E-state index in [2.05, 4.69) is 20.8 Å². The van der Waals surface area contributed by atoms with Crippen LogP contribution in [0.25, 0.3) is 5.69 Å². The van der Waals surface area contributed by atoms with Crippen molar-refractivity contribution in [2.75, 3.05) is 5.32 Å². The van der Waals surface area contributed by atoms with Crippen LogP contribution in [0.2, 0.25) is 0 Å². The van der Waals surface area contributed by atoms with Crippen LogP contribution in [0.5, 0.6) is 0 Å². The Balaban J connectivity index is 1.65. The highest BCUT2D eigenvalue weighted by atomic mass is 16.2. The van der Waals surface area contributed by atoms with E-state index in [1.165, 1.54) is 11.0 Å². The summed E-state index contributed by atoms with van der Waals surface area (Å²) in [6.45, 7) is 5.73. The Morgan fingerprint density at radius 3 is 2.29 bits per heavy atom. The predicted molar refractivity (Wildman–Crippen MR) is 113 cm³/mol. The Kier molecular flexibility index (Phi) is 5.33. The molecule has 1 aliphatic heterocycles. The van der Waals surface area contributed by atoms with Crippen molar-refractivity contribution in [1.82, 2.24) is 25.1 Å². The van der Waals surface area contributed by atoms with Crippen LogP contribution in [0.1, 0.15) is 46.5 Å². The number of hydrogen-bond donors (Lipinski definition) is 1. The van der Waals surface area contributed by atoms with Gasteiger partial charge in [0.2, 0.25) is 5.91 Å². The molecule has 0 aliphatic carbocycles. The molecule has 4 rings (SSSR count). The third-order valence-electron chi connectivity index (χ3n) is 5.29. The molecule has 0 unspecified atom stereocenters. The number of hydrogen-bond acceptors (Lipinski definition) is 6. The maximum absolute atomic E-state index is 13.3. The number of carbonyl (C=O) groups excluding carboxylic acids is 3. The number of amides is 3. The normalized spacial score (nSPS) is 14.1. The molecular formula is C22H22N6O3. The van der Waals surface area contributed by atoms with Crippen molar-refractivity contribution in [3.63, 3.8) is 0 Å². The van der Waals surface area contributed by atoms with E-state index in [0.29, 0.717) is 28.9 Å². The second kappa shape index (κ2) is 8.10. The van der Waals surface area contributed by atoms with Crippen LogP contribution in [-0.2, 0) is 4.79 Å². The number of aromatic nitrogens is 4. The average Bonchev–Trinajstić information content (AvgIpc) is 3.36. The molecule has 9 heteroatoms. The highest BCUT2D eigenvalue weighted by Crippen LogP contribution is 2.28. The van der Waals surface area contributed by atoms with E-state index in [-0.39, 0.29) is 5.92 Å². The van der Waals surface area contributed by atoms with E-state index in [1.54, 1.807) is 36.4 Å². The van der Waals surface area contributed by atoms with Crippen LogP contribution in [0, 0.1) is 12.8 Å². The lowest BCUT2D eigenvalue weighted by Crippen LogP contribution is -2.48. The molecule has 1 atom stereocenters. The van der Waals surface area contributed by atoms with Gasteiger partial charge in [0, 0.05) is 5.69 Å². The predicted octanol–water partition coefficient (Wildman–Crippen LogP) is 2.62. The van der Waals surface area contributed by atoms with Crippen molar-refractivity contribution in [2.45, 2.75) is 33.2 Å². The van der Waals surface area contributed by atoms with Gasteiger partial charge in [-0.1, -0.05) is 32.0 Å². The maximum Gasteiger partial charge on any atom is 0.262 e. The minimum absolute atomic E-state index is 0.0914. The van der Waals surface area contributed by atoms with Gasteiger partial charge in [-0.05, 0) is 59.5 Å². The summed E-state index contributed by atoms with van der Waals surface area (Å²) in [5, 5.41) is 14.1. The standard InChI is InChI=1S/C22H22N6O3/c1-13(2)11-19(28-21(30)15-7-4-5-8-16(15)22(28)31)20(29)24-17-9-6-10-18(14(17)3)27-12-23-25-26-27/h4-10,12-13,19H,11H2,1-3H3,(H,24,29)/t19-/m0/s1. The Morgan fingerprint density at radius 1 is 1.03 bits per heavy atom. The smallest absolute Gasteiger partial charge is 0.262 e. The SMILES string of the molecule is Cc1c(NC(=O)[C@H](CC(C)C)N2C(=O)c3ccccc3C2=O)cccc1-n1cnnn1. The van der Waals surface area contributed by atoms with E-state index >= 15 is 0 Å². The van der Waals surface area contributed by atoms with Crippen LogP contribution in [0.3, 0.4) is 0 Å². The summed E-state index contributed by atoms with van der Waals surface area (Å²) in [4.78, 5) is 40.3. The fraction of sp³-hybridized carbons (Fsp3) is 0.273. The largest absolute Gasteiger partial charge is 0.324 e. The summed E-state index contributed by atoms with van der Waals surface area (Å²) in [6.07, 6.45) is 1.82. The Morgan fingerprint density at radius 2 is 1.71 bits per heavy atom.